The predicted octanol–water partition coefficient (Wildman–Crippen LogP) is 3.33. The topological polar surface area (TPSA) is 94.6 Å². The van der Waals surface area contributed by atoms with Gasteiger partial charge in [-0.15, -0.1) is 0 Å². The van der Waals surface area contributed by atoms with E-state index in [1.807, 2.05) is 36.9 Å². The first-order chi connectivity index (χ1) is 15.4. The number of hydrogen-bond acceptors (Lipinski definition) is 6. The fraction of sp³-hybridized carbons (Fsp3) is 0.391. The van der Waals surface area contributed by atoms with Crippen LogP contribution in [0.15, 0.2) is 41.5 Å². The Balaban J connectivity index is 1.60. The van der Waals surface area contributed by atoms with E-state index in [9.17, 15) is 4.79 Å². The standard InChI is InChI=1S/C23H28N8O/c1-14(2)29-10-8-20(28-29)31-21-19(22(32)30(31)15(3)4)13-25-23(27-21)26-18-6-5-16-7-9-24-12-17(16)11-18/h5-6,8,10-11,13-15,24H,7,9,12H2,1-4H3,(H,25,26,27). The molecule has 9 heteroatoms. The Morgan fingerprint density at radius 2 is 1.94 bits per heavy atom. The van der Waals surface area contributed by atoms with Crippen LogP contribution in [0.4, 0.5) is 11.6 Å². The maximum atomic E-state index is 13.1. The summed E-state index contributed by atoms with van der Waals surface area (Å²) < 4.78 is 5.35. The number of rotatable bonds is 5. The fourth-order valence-electron chi connectivity index (χ4n) is 4.16. The van der Waals surface area contributed by atoms with E-state index in [1.165, 1.54) is 11.1 Å². The van der Waals surface area contributed by atoms with Crippen molar-refractivity contribution in [1.82, 2.24) is 34.4 Å². The Morgan fingerprint density at radius 3 is 2.69 bits per heavy atom. The molecule has 166 valence electrons. The molecule has 0 bridgehead atoms. The Labute approximate surface area is 186 Å². The lowest BCUT2D eigenvalue weighted by Gasteiger charge is -2.18. The van der Waals surface area contributed by atoms with Crippen molar-refractivity contribution in [2.75, 3.05) is 11.9 Å². The zero-order chi connectivity index (χ0) is 22.4. The lowest BCUT2D eigenvalue weighted by molar-refractivity contribution is 0.463. The van der Waals surface area contributed by atoms with E-state index in [4.69, 9.17) is 4.98 Å². The maximum absolute atomic E-state index is 13.1. The molecule has 5 rings (SSSR count). The molecule has 3 aromatic heterocycles. The van der Waals surface area contributed by atoms with E-state index >= 15 is 0 Å². The minimum absolute atomic E-state index is 0.0644. The van der Waals surface area contributed by atoms with Crippen molar-refractivity contribution in [2.24, 2.45) is 0 Å². The monoisotopic (exact) mass is 432 g/mol. The van der Waals surface area contributed by atoms with Gasteiger partial charge in [0.15, 0.2) is 11.5 Å². The lowest BCUT2D eigenvalue weighted by Crippen LogP contribution is -2.24. The lowest BCUT2D eigenvalue weighted by atomic mass is 10.0. The molecular formula is C23H28N8O. The minimum atomic E-state index is -0.125. The molecule has 0 fully saturated rings. The number of benzene rings is 1. The molecule has 32 heavy (non-hydrogen) atoms. The zero-order valence-corrected chi connectivity index (χ0v) is 18.8. The van der Waals surface area contributed by atoms with Crippen LogP contribution in [-0.2, 0) is 13.0 Å². The molecule has 0 aliphatic carbocycles. The highest BCUT2D eigenvalue weighted by Gasteiger charge is 2.21. The fourth-order valence-corrected chi connectivity index (χ4v) is 4.16. The second-order valence-electron chi connectivity index (χ2n) is 8.77. The van der Waals surface area contributed by atoms with Crippen LogP contribution in [-0.4, -0.2) is 35.7 Å². The number of anilines is 2. The highest BCUT2D eigenvalue weighted by atomic mass is 16.1. The van der Waals surface area contributed by atoms with Gasteiger partial charge < -0.3 is 10.6 Å². The van der Waals surface area contributed by atoms with Crippen molar-refractivity contribution in [3.05, 3.63) is 58.1 Å². The second kappa shape index (κ2) is 7.90. The van der Waals surface area contributed by atoms with Crippen LogP contribution in [0, 0.1) is 0 Å². The van der Waals surface area contributed by atoms with Gasteiger partial charge in [-0.3, -0.25) is 9.48 Å². The van der Waals surface area contributed by atoms with Crippen LogP contribution in [0.25, 0.3) is 16.9 Å². The molecule has 1 aliphatic heterocycles. The van der Waals surface area contributed by atoms with E-state index in [0.29, 0.717) is 22.8 Å². The van der Waals surface area contributed by atoms with Gasteiger partial charge in [-0.1, -0.05) is 6.07 Å². The average Bonchev–Trinajstić information content (AvgIpc) is 3.37. The largest absolute Gasteiger partial charge is 0.324 e. The summed E-state index contributed by atoms with van der Waals surface area (Å²) in [7, 11) is 0. The van der Waals surface area contributed by atoms with Gasteiger partial charge in [-0.25, -0.2) is 14.3 Å². The van der Waals surface area contributed by atoms with E-state index in [2.05, 4.69) is 46.7 Å². The summed E-state index contributed by atoms with van der Waals surface area (Å²) in [6, 6.07) is 8.39. The molecular weight excluding hydrogens is 404 g/mol. The van der Waals surface area contributed by atoms with E-state index in [-0.39, 0.29) is 17.6 Å². The van der Waals surface area contributed by atoms with Crippen LogP contribution in [0.5, 0.6) is 0 Å². The van der Waals surface area contributed by atoms with Crippen molar-refractivity contribution in [3.8, 4) is 5.82 Å². The highest BCUT2D eigenvalue weighted by Crippen LogP contribution is 2.23. The Morgan fingerprint density at radius 1 is 1.09 bits per heavy atom. The number of nitrogens with zero attached hydrogens (tertiary/aromatic N) is 6. The van der Waals surface area contributed by atoms with Gasteiger partial charge in [-0.2, -0.15) is 10.1 Å². The summed E-state index contributed by atoms with van der Waals surface area (Å²) in [5, 5.41) is 11.9. The third-order valence-electron chi connectivity index (χ3n) is 5.80. The average molecular weight is 433 g/mol. The van der Waals surface area contributed by atoms with Gasteiger partial charge in [-0.05, 0) is 63.9 Å². The van der Waals surface area contributed by atoms with Crippen LogP contribution in [0.3, 0.4) is 0 Å². The molecule has 0 saturated heterocycles. The highest BCUT2D eigenvalue weighted by molar-refractivity contribution is 5.77. The van der Waals surface area contributed by atoms with Crippen LogP contribution < -0.4 is 16.2 Å². The smallest absolute Gasteiger partial charge is 0.278 e. The molecule has 0 radical (unpaired) electrons. The maximum Gasteiger partial charge on any atom is 0.278 e. The summed E-state index contributed by atoms with van der Waals surface area (Å²) in [5.74, 6) is 1.10. The van der Waals surface area contributed by atoms with E-state index < -0.39 is 0 Å². The summed E-state index contributed by atoms with van der Waals surface area (Å²) in [4.78, 5) is 22.3. The van der Waals surface area contributed by atoms with Crippen molar-refractivity contribution in [3.63, 3.8) is 0 Å². The third-order valence-corrected chi connectivity index (χ3v) is 5.80. The number of fused-ring (bicyclic) bond motifs is 2. The van der Waals surface area contributed by atoms with Crippen molar-refractivity contribution in [2.45, 2.75) is 52.7 Å². The molecule has 4 heterocycles. The van der Waals surface area contributed by atoms with Gasteiger partial charge in [0, 0.05) is 42.8 Å². The molecule has 4 aromatic rings. The molecule has 0 saturated carbocycles. The van der Waals surface area contributed by atoms with Crippen LogP contribution in [0.1, 0.15) is 50.9 Å². The summed E-state index contributed by atoms with van der Waals surface area (Å²) in [6.07, 6.45) is 4.56. The molecule has 2 N–H and O–H groups in total. The summed E-state index contributed by atoms with van der Waals surface area (Å²) in [5.41, 5.74) is 3.99. The first-order valence-corrected chi connectivity index (χ1v) is 11.1. The molecule has 0 amide bonds. The number of nitrogens with one attached hydrogen (secondary N) is 2. The number of hydrogen-bond donors (Lipinski definition) is 2. The van der Waals surface area contributed by atoms with Crippen molar-refractivity contribution < 1.29 is 0 Å². The predicted molar refractivity (Wildman–Crippen MR) is 125 cm³/mol. The third kappa shape index (κ3) is 3.48. The molecule has 1 aromatic carbocycles. The number of aromatic nitrogens is 6. The van der Waals surface area contributed by atoms with Crippen molar-refractivity contribution in [1.29, 1.82) is 0 Å². The Hall–Kier alpha value is -3.46. The SMILES string of the molecule is CC(C)n1ccc(-n2c3nc(Nc4ccc5c(c4)CNCC5)ncc3c(=O)n2C(C)C)n1. The van der Waals surface area contributed by atoms with Gasteiger partial charge in [0.1, 0.15) is 5.39 Å². The quantitative estimate of drug-likeness (QED) is 0.502. The zero-order valence-electron chi connectivity index (χ0n) is 18.8. The van der Waals surface area contributed by atoms with Gasteiger partial charge in [0.25, 0.3) is 5.56 Å². The van der Waals surface area contributed by atoms with Crippen LogP contribution >= 0.6 is 0 Å². The van der Waals surface area contributed by atoms with E-state index in [0.717, 1.165) is 25.2 Å². The van der Waals surface area contributed by atoms with Gasteiger partial charge in [0.2, 0.25) is 5.95 Å². The summed E-state index contributed by atoms with van der Waals surface area (Å²) >= 11 is 0. The molecule has 0 unspecified atom stereocenters. The first-order valence-electron chi connectivity index (χ1n) is 11.1. The first kappa shape index (κ1) is 20.4. The molecule has 9 nitrogen and oxygen atoms in total. The normalized spacial score (nSPS) is 13.8. The molecule has 0 spiro atoms. The van der Waals surface area contributed by atoms with Crippen molar-refractivity contribution >= 4 is 22.7 Å². The van der Waals surface area contributed by atoms with Crippen LogP contribution in [0.2, 0.25) is 0 Å². The van der Waals surface area contributed by atoms with Gasteiger partial charge >= 0.3 is 0 Å². The van der Waals surface area contributed by atoms with Gasteiger partial charge in [0.05, 0.1) is 0 Å². The molecule has 1 aliphatic rings. The van der Waals surface area contributed by atoms with E-state index in [1.54, 1.807) is 15.6 Å². The molecule has 0 atom stereocenters. The Bertz CT molecular complexity index is 1340. The minimum Gasteiger partial charge on any atom is -0.324 e. The Kier molecular flexibility index (Phi) is 5.05. The summed E-state index contributed by atoms with van der Waals surface area (Å²) in [6.45, 7) is 9.96. The second-order valence-corrected chi connectivity index (χ2v) is 8.77.